The van der Waals surface area contributed by atoms with Gasteiger partial charge in [0.25, 0.3) is 0 Å². The minimum absolute atomic E-state index is 0.0674. The van der Waals surface area contributed by atoms with Gasteiger partial charge in [-0.3, -0.25) is 9.69 Å². The number of benzene rings is 1. The molecule has 1 aromatic carbocycles. The van der Waals surface area contributed by atoms with Gasteiger partial charge in [-0.05, 0) is 59.2 Å². The fourth-order valence-electron chi connectivity index (χ4n) is 4.37. The zero-order valence-corrected chi connectivity index (χ0v) is 21.1. The number of nitrogens with zero attached hydrogens (tertiary/aromatic N) is 3. The monoisotopic (exact) mass is 509 g/mol. The summed E-state index contributed by atoms with van der Waals surface area (Å²) < 4.78 is 34.3. The summed E-state index contributed by atoms with van der Waals surface area (Å²) in [6, 6.07) is 7.90. The predicted octanol–water partition coefficient (Wildman–Crippen LogP) is 6.09. The molecule has 2 atom stereocenters. The van der Waals surface area contributed by atoms with Crippen LogP contribution in [0.4, 0.5) is 8.78 Å². The highest BCUT2D eigenvalue weighted by molar-refractivity contribution is 6.30. The van der Waals surface area contributed by atoms with Crippen molar-refractivity contribution in [2.24, 2.45) is 5.41 Å². The van der Waals surface area contributed by atoms with E-state index in [2.05, 4.69) is 9.88 Å². The summed E-state index contributed by atoms with van der Waals surface area (Å²) in [6.07, 6.45) is 0.954. The molecule has 0 bridgehead atoms. The third kappa shape index (κ3) is 5.86. The van der Waals surface area contributed by atoms with E-state index in [-0.39, 0.29) is 29.0 Å². The van der Waals surface area contributed by atoms with Crippen LogP contribution < -0.4 is 0 Å². The number of aromatic nitrogens is 1. The lowest BCUT2D eigenvalue weighted by Gasteiger charge is -2.45. The number of rotatable bonds is 5. The van der Waals surface area contributed by atoms with E-state index < -0.39 is 27.8 Å². The van der Waals surface area contributed by atoms with Gasteiger partial charge in [0, 0.05) is 30.3 Å². The van der Waals surface area contributed by atoms with E-state index in [1.165, 1.54) is 12.1 Å². The van der Waals surface area contributed by atoms with Gasteiger partial charge in [0.2, 0.25) is 0 Å². The van der Waals surface area contributed by atoms with Crippen LogP contribution in [0, 0.1) is 28.4 Å². The van der Waals surface area contributed by atoms with Crippen LogP contribution in [0.3, 0.4) is 0 Å². The van der Waals surface area contributed by atoms with Gasteiger partial charge in [0.1, 0.15) is 17.5 Å². The molecule has 1 aromatic heterocycles. The van der Waals surface area contributed by atoms with Crippen molar-refractivity contribution < 1.29 is 18.3 Å². The molecule has 9 heteroatoms. The first-order valence-corrected chi connectivity index (χ1v) is 11.8. The number of hydrogen-bond donors (Lipinski definition) is 0. The van der Waals surface area contributed by atoms with Crippen molar-refractivity contribution in [3.8, 4) is 6.07 Å². The Morgan fingerprint density at radius 3 is 2.65 bits per heavy atom. The van der Waals surface area contributed by atoms with Crippen LogP contribution in [0.5, 0.6) is 0 Å². The van der Waals surface area contributed by atoms with Gasteiger partial charge in [-0.25, -0.2) is 13.8 Å². The Kier molecular flexibility index (Phi) is 7.86. The van der Waals surface area contributed by atoms with Gasteiger partial charge in [0.05, 0.1) is 16.0 Å². The van der Waals surface area contributed by atoms with Crippen molar-refractivity contribution in [3.63, 3.8) is 0 Å². The average Bonchev–Trinajstić information content (AvgIpc) is 2.74. The van der Waals surface area contributed by atoms with Crippen molar-refractivity contribution in [2.75, 3.05) is 6.54 Å². The topological polar surface area (TPSA) is 66.2 Å². The Morgan fingerprint density at radius 1 is 1.32 bits per heavy atom. The molecule has 2 aromatic rings. The van der Waals surface area contributed by atoms with Crippen molar-refractivity contribution in [2.45, 2.75) is 65.1 Å². The van der Waals surface area contributed by atoms with Crippen LogP contribution in [-0.2, 0) is 22.5 Å². The number of hydrogen-bond acceptors (Lipinski definition) is 5. The number of halogens is 4. The summed E-state index contributed by atoms with van der Waals surface area (Å²) in [6.45, 7) is 8.18. The van der Waals surface area contributed by atoms with Gasteiger partial charge < -0.3 is 4.74 Å². The largest absolute Gasteiger partial charge is 0.460 e. The summed E-state index contributed by atoms with van der Waals surface area (Å²) >= 11 is 11.8. The molecule has 1 fully saturated rings. The highest BCUT2D eigenvalue weighted by atomic mass is 35.5. The second-order valence-corrected chi connectivity index (χ2v) is 10.6. The van der Waals surface area contributed by atoms with Crippen molar-refractivity contribution in [1.29, 1.82) is 5.26 Å². The highest BCUT2D eigenvalue weighted by Crippen LogP contribution is 2.41. The minimum atomic E-state index is -0.961. The van der Waals surface area contributed by atoms with E-state index in [1.807, 2.05) is 6.92 Å². The van der Waals surface area contributed by atoms with Crippen LogP contribution in [0.1, 0.15) is 57.4 Å². The molecule has 5 nitrogen and oxygen atoms in total. The highest BCUT2D eigenvalue weighted by Gasteiger charge is 2.47. The maximum absolute atomic E-state index is 14.5. The average molecular weight is 510 g/mol. The Labute approximate surface area is 208 Å². The van der Waals surface area contributed by atoms with E-state index in [4.69, 9.17) is 27.9 Å². The first kappa shape index (κ1) is 26.3. The van der Waals surface area contributed by atoms with Crippen LogP contribution in [-0.4, -0.2) is 34.0 Å². The molecule has 0 radical (unpaired) electrons. The molecule has 0 spiro atoms. The van der Waals surface area contributed by atoms with E-state index in [1.54, 1.807) is 39.0 Å². The van der Waals surface area contributed by atoms with Gasteiger partial charge in [-0.1, -0.05) is 35.3 Å². The molecule has 1 saturated heterocycles. The summed E-state index contributed by atoms with van der Waals surface area (Å²) in [5, 5.41) is 8.90. The second kappa shape index (κ2) is 10.2. The quantitative estimate of drug-likeness (QED) is 0.360. The summed E-state index contributed by atoms with van der Waals surface area (Å²) in [7, 11) is 0. The molecule has 3 rings (SSSR count). The molecule has 2 heterocycles. The lowest BCUT2D eigenvalue weighted by molar-refractivity contribution is -0.172. The lowest BCUT2D eigenvalue weighted by atomic mass is 9.72. The Hall–Kier alpha value is -2.27. The fourth-order valence-corrected chi connectivity index (χ4v) is 4.77. The maximum atomic E-state index is 14.5. The summed E-state index contributed by atoms with van der Waals surface area (Å²) in [4.78, 5) is 19.6. The van der Waals surface area contributed by atoms with Gasteiger partial charge in [0.15, 0.2) is 11.0 Å². The van der Waals surface area contributed by atoms with Gasteiger partial charge in [-0.15, -0.1) is 0 Å². The first-order valence-electron chi connectivity index (χ1n) is 11.0. The van der Waals surface area contributed by atoms with E-state index in [0.29, 0.717) is 37.2 Å². The van der Waals surface area contributed by atoms with E-state index in [0.717, 1.165) is 0 Å². The van der Waals surface area contributed by atoms with Crippen molar-refractivity contribution in [3.05, 3.63) is 62.9 Å². The number of nitriles is 1. The van der Waals surface area contributed by atoms with Crippen LogP contribution in [0.2, 0.25) is 10.2 Å². The van der Waals surface area contributed by atoms with Gasteiger partial charge >= 0.3 is 5.97 Å². The molecular weight excluding hydrogens is 483 g/mol. The number of esters is 1. The third-order valence-electron chi connectivity index (χ3n) is 6.03. The smallest absolute Gasteiger partial charge is 0.313 e. The normalized spacial score (nSPS) is 21.2. The molecule has 0 amide bonds. The van der Waals surface area contributed by atoms with Crippen molar-refractivity contribution in [1.82, 2.24) is 9.88 Å². The number of pyridine rings is 1. The zero-order chi connectivity index (χ0) is 25.3. The second-order valence-electron chi connectivity index (χ2n) is 9.82. The number of likely N-dealkylation sites (tertiary alicyclic amines) is 1. The van der Waals surface area contributed by atoms with E-state index in [9.17, 15) is 18.8 Å². The number of carbonyl (C=O) groups excluding carboxylic acids is 1. The maximum Gasteiger partial charge on any atom is 0.313 e. The fraction of sp³-hybridized carbons (Fsp3) is 0.480. The SMILES string of the molecule is CC1CC(Cc2cc(C#N)c(F)c(Cl)n2)(C(=O)OC(C)(C)C)CCN1Cc1cccc(Cl)c1F. The summed E-state index contributed by atoms with van der Waals surface area (Å²) in [5.74, 6) is -1.72. The first-order chi connectivity index (χ1) is 15.8. The zero-order valence-electron chi connectivity index (χ0n) is 19.6. The molecule has 1 aliphatic rings. The van der Waals surface area contributed by atoms with Crippen molar-refractivity contribution >= 4 is 29.2 Å². The molecule has 0 saturated carbocycles. The van der Waals surface area contributed by atoms with Crippen LogP contribution >= 0.6 is 23.2 Å². The molecule has 1 aliphatic heterocycles. The molecule has 2 unspecified atom stereocenters. The Bertz CT molecular complexity index is 1130. The lowest BCUT2D eigenvalue weighted by Crippen LogP contribution is -2.51. The standard InChI is InChI=1S/C25H27Cl2F2N3O2/c1-15-11-25(23(33)34-24(2,3)4,12-18-10-17(13-30)21(29)22(27)31-18)8-9-32(15)14-16-6-5-7-19(26)20(16)28/h5-7,10,15H,8-9,11-12,14H2,1-4H3. The van der Waals surface area contributed by atoms with Crippen LogP contribution in [0.25, 0.3) is 0 Å². The molecule has 34 heavy (non-hydrogen) atoms. The Morgan fingerprint density at radius 2 is 2.03 bits per heavy atom. The number of piperidine rings is 1. The number of carbonyl (C=O) groups is 1. The molecule has 182 valence electrons. The Balaban J connectivity index is 1.90. The minimum Gasteiger partial charge on any atom is -0.460 e. The number of ether oxygens (including phenoxy) is 1. The predicted molar refractivity (Wildman–Crippen MR) is 126 cm³/mol. The van der Waals surface area contributed by atoms with Gasteiger partial charge in [-0.2, -0.15) is 5.26 Å². The van der Waals surface area contributed by atoms with E-state index >= 15 is 0 Å². The molecule has 0 aliphatic carbocycles. The molecular formula is C25H27Cl2F2N3O2. The summed E-state index contributed by atoms with van der Waals surface area (Å²) in [5.41, 5.74) is -1.07. The van der Waals surface area contributed by atoms with Crippen LogP contribution in [0.15, 0.2) is 24.3 Å². The third-order valence-corrected chi connectivity index (χ3v) is 6.58. The molecule has 0 N–H and O–H groups in total.